The molecule has 0 bridgehead atoms. The van der Waals surface area contributed by atoms with Crippen LogP contribution in [0.4, 0.5) is 0 Å². The first-order valence-corrected chi connectivity index (χ1v) is 8.83. The highest BCUT2D eigenvalue weighted by molar-refractivity contribution is 9.10. The number of hydrogen-bond acceptors (Lipinski definition) is 3. The summed E-state index contributed by atoms with van der Waals surface area (Å²) in [4.78, 5) is 0.114. The SMILES string of the molecule is O=S(=O)(NCC[C@H]1CCCN1)c1cccc(Br)c1Cl. The number of nitrogens with one attached hydrogen (secondary N) is 2. The molecule has 1 aliphatic rings. The van der Waals surface area contributed by atoms with Crippen molar-refractivity contribution in [1.82, 2.24) is 10.0 Å². The van der Waals surface area contributed by atoms with Crippen molar-refractivity contribution in [2.24, 2.45) is 0 Å². The van der Waals surface area contributed by atoms with Gasteiger partial charge in [-0.2, -0.15) is 0 Å². The highest BCUT2D eigenvalue weighted by Gasteiger charge is 2.20. The Morgan fingerprint density at radius 1 is 1.47 bits per heavy atom. The molecular formula is C12H16BrClN2O2S. The summed E-state index contributed by atoms with van der Waals surface area (Å²) in [5.74, 6) is 0. The molecule has 1 aromatic rings. The van der Waals surface area contributed by atoms with Gasteiger partial charge in [0.1, 0.15) is 4.90 Å². The standard InChI is InChI=1S/C12H16BrClN2O2S/c13-10-4-1-5-11(12(10)14)19(17,18)16-8-6-9-3-2-7-15-9/h1,4-5,9,15-16H,2-3,6-8H2/t9-/m1/s1. The lowest BCUT2D eigenvalue weighted by Crippen LogP contribution is -2.30. The maximum absolute atomic E-state index is 12.1. The van der Waals surface area contributed by atoms with E-state index in [2.05, 4.69) is 26.0 Å². The average molecular weight is 368 g/mol. The Morgan fingerprint density at radius 3 is 2.95 bits per heavy atom. The molecule has 0 aromatic heterocycles. The third-order valence-corrected chi connectivity index (χ3v) is 6.06. The second-order valence-electron chi connectivity index (χ2n) is 4.53. The van der Waals surface area contributed by atoms with Crippen LogP contribution >= 0.6 is 27.5 Å². The Kier molecular flexibility index (Phi) is 5.25. The third kappa shape index (κ3) is 3.92. The molecule has 19 heavy (non-hydrogen) atoms. The topological polar surface area (TPSA) is 58.2 Å². The molecule has 106 valence electrons. The molecule has 1 aromatic carbocycles. The summed E-state index contributed by atoms with van der Waals surface area (Å²) >= 11 is 9.23. The van der Waals surface area contributed by atoms with Gasteiger partial charge in [-0.3, -0.25) is 0 Å². The van der Waals surface area contributed by atoms with E-state index >= 15 is 0 Å². The summed E-state index contributed by atoms with van der Waals surface area (Å²) < 4.78 is 27.5. The molecule has 7 heteroatoms. The Morgan fingerprint density at radius 2 is 2.26 bits per heavy atom. The van der Waals surface area contributed by atoms with E-state index in [0.717, 1.165) is 25.8 Å². The minimum atomic E-state index is -3.54. The molecule has 2 N–H and O–H groups in total. The van der Waals surface area contributed by atoms with Crippen molar-refractivity contribution in [3.8, 4) is 0 Å². The van der Waals surface area contributed by atoms with Crippen molar-refractivity contribution in [2.45, 2.75) is 30.2 Å². The van der Waals surface area contributed by atoms with Gasteiger partial charge >= 0.3 is 0 Å². The molecule has 1 atom stereocenters. The van der Waals surface area contributed by atoms with Crippen LogP contribution in [0.2, 0.25) is 5.02 Å². The molecule has 0 saturated carbocycles. The first-order valence-electron chi connectivity index (χ1n) is 6.18. The first kappa shape index (κ1) is 15.3. The maximum atomic E-state index is 12.1. The van der Waals surface area contributed by atoms with Crippen LogP contribution in [0.1, 0.15) is 19.3 Å². The zero-order valence-corrected chi connectivity index (χ0v) is 13.5. The lowest BCUT2D eigenvalue weighted by molar-refractivity contribution is 0.539. The summed E-state index contributed by atoms with van der Waals surface area (Å²) in [6.07, 6.45) is 3.07. The average Bonchev–Trinajstić information content (AvgIpc) is 2.85. The number of benzene rings is 1. The van der Waals surface area contributed by atoms with Gasteiger partial charge in [-0.1, -0.05) is 17.7 Å². The zero-order valence-electron chi connectivity index (χ0n) is 10.3. The van der Waals surface area contributed by atoms with E-state index in [4.69, 9.17) is 11.6 Å². The van der Waals surface area contributed by atoms with Gasteiger partial charge in [0.25, 0.3) is 0 Å². The van der Waals surface area contributed by atoms with Crippen LogP contribution in [-0.4, -0.2) is 27.5 Å². The molecule has 4 nitrogen and oxygen atoms in total. The molecule has 2 rings (SSSR count). The van der Waals surface area contributed by atoms with E-state index in [9.17, 15) is 8.42 Å². The highest BCUT2D eigenvalue weighted by atomic mass is 79.9. The molecule has 0 amide bonds. The molecule has 1 heterocycles. The van der Waals surface area contributed by atoms with E-state index < -0.39 is 10.0 Å². The van der Waals surface area contributed by atoms with Gasteiger partial charge < -0.3 is 5.32 Å². The van der Waals surface area contributed by atoms with E-state index in [1.54, 1.807) is 12.1 Å². The fraction of sp³-hybridized carbons (Fsp3) is 0.500. The van der Waals surface area contributed by atoms with Crippen molar-refractivity contribution >= 4 is 37.6 Å². The fourth-order valence-corrected chi connectivity index (χ4v) is 4.21. The molecule has 1 fully saturated rings. The van der Waals surface area contributed by atoms with Crippen LogP contribution in [0.25, 0.3) is 0 Å². The van der Waals surface area contributed by atoms with Crippen LogP contribution in [0, 0.1) is 0 Å². The van der Waals surface area contributed by atoms with Crippen molar-refractivity contribution in [2.75, 3.05) is 13.1 Å². The van der Waals surface area contributed by atoms with Crippen molar-refractivity contribution in [3.05, 3.63) is 27.7 Å². The lowest BCUT2D eigenvalue weighted by atomic mass is 10.2. The van der Waals surface area contributed by atoms with Crippen LogP contribution in [0.15, 0.2) is 27.6 Å². The largest absolute Gasteiger partial charge is 0.314 e. The van der Waals surface area contributed by atoms with Gasteiger partial charge in [0, 0.05) is 17.1 Å². The van der Waals surface area contributed by atoms with Gasteiger partial charge in [-0.25, -0.2) is 13.1 Å². The van der Waals surface area contributed by atoms with Gasteiger partial charge in [0.05, 0.1) is 5.02 Å². The Bertz CT molecular complexity index is 545. The normalized spacial score (nSPS) is 19.8. The predicted octanol–water partition coefficient (Wildman–Crippen LogP) is 2.52. The van der Waals surface area contributed by atoms with Gasteiger partial charge in [-0.05, 0) is 53.9 Å². The van der Waals surface area contributed by atoms with Crippen LogP contribution in [-0.2, 0) is 10.0 Å². The lowest BCUT2D eigenvalue weighted by Gasteiger charge is -2.12. The van der Waals surface area contributed by atoms with Gasteiger partial charge in [0.15, 0.2) is 0 Å². The monoisotopic (exact) mass is 366 g/mol. The Balaban J connectivity index is 1.99. The van der Waals surface area contributed by atoms with Crippen molar-refractivity contribution in [1.29, 1.82) is 0 Å². The second-order valence-corrected chi connectivity index (χ2v) is 7.50. The molecule has 1 aliphatic heterocycles. The van der Waals surface area contributed by atoms with Crippen LogP contribution < -0.4 is 10.0 Å². The Labute approximate surface area is 127 Å². The molecule has 0 spiro atoms. The van der Waals surface area contributed by atoms with Gasteiger partial charge in [0.2, 0.25) is 10.0 Å². The summed E-state index contributed by atoms with van der Waals surface area (Å²) in [7, 11) is -3.54. The summed E-state index contributed by atoms with van der Waals surface area (Å²) in [6, 6.07) is 5.29. The molecule has 1 saturated heterocycles. The molecule has 0 unspecified atom stereocenters. The smallest absolute Gasteiger partial charge is 0.242 e. The van der Waals surface area contributed by atoms with Crippen LogP contribution in [0.3, 0.4) is 0 Å². The van der Waals surface area contributed by atoms with Crippen molar-refractivity contribution < 1.29 is 8.42 Å². The van der Waals surface area contributed by atoms with Gasteiger partial charge in [-0.15, -0.1) is 0 Å². The summed E-state index contributed by atoms with van der Waals surface area (Å²) in [5, 5.41) is 3.55. The quantitative estimate of drug-likeness (QED) is 0.841. The number of halogens is 2. The predicted molar refractivity (Wildman–Crippen MR) is 80.0 cm³/mol. The highest BCUT2D eigenvalue weighted by Crippen LogP contribution is 2.29. The van der Waals surface area contributed by atoms with E-state index in [-0.39, 0.29) is 9.92 Å². The minimum Gasteiger partial charge on any atom is -0.314 e. The van der Waals surface area contributed by atoms with Crippen molar-refractivity contribution in [3.63, 3.8) is 0 Å². The van der Waals surface area contributed by atoms with Crippen LogP contribution in [0.5, 0.6) is 0 Å². The molecule has 0 aliphatic carbocycles. The molecule has 0 radical (unpaired) electrons. The van der Waals surface area contributed by atoms with E-state index in [1.165, 1.54) is 6.07 Å². The second kappa shape index (κ2) is 6.54. The number of rotatable bonds is 5. The summed E-state index contributed by atoms with van der Waals surface area (Å²) in [6.45, 7) is 1.44. The third-order valence-electron chi connectivity index (χ3n) is 3.15. The number of sulfonamides is 1. The number of hydrogen-bond donors (Lipinski definition) is 2. The summed E-state index contributed by atoms with van der Waals surface area (Å²) in [5.41, 5.74) is 0. The zero-order chi connectivity index (χ0) is 13.9. The maximum Gasteiger partial charge on any atom is 0.242 e. The minimum absolute atomic E-state index is 0.114. The first-order chi connectivity index (χ1) is 9.00. The van der Waals surface area contributed by atoms with E-state index in [1.807, 2.05) is 0 Å². The molecular weight excluding hydrogens is 352 g/mol. The Hall–Kier alpha value is -0.140. The van der Waals surface area contributed by atoms with E-state index in [0.29, 0.717) is 17.1 Å². The fourth-order valence-electron chi connectivity index (χ4n) is 2.14.